The van der Waals surface area contributed by atoms with Gasteiger partial charge in [-0.15, -0.1) is 0 Å². The van der Waals surface area contributed by atoms with Gasteiger partial charge in [-0.3, -0.25) is 14.5 Å². The number of anilines is 2. The number of amides is 2. The van der Waals surface area contributed by atoms with Gasteiger partial charge in [0.05, 0.1) is 15.9 Å². The number of thiazole rings is 1. The third-order valence-corrected chi connectivity index (χ3v) is 5.65. The van der Waals surface area contributed by atoms with Gasteiger partial charge < -0.3 is 0 Å². The van der Waals surface area contributed by atoms with E-state index in [2.05, 4.69) is 23.9 Å². The predicted molar refractivity (Wildman–Crippen MR) is 117 cm³/mol. The predicted octanol–water partition coefficient (Wildman–Crippen LogP) is 4.47. The van der Waals surface area contributed by atoms with Crippen molar-refractivity contribution >= 4 is 49.9 Å². The number of hydrazone groups is 1. The van der Waals surface area contributed by atoms with Crippen LogP contribution in [0.5, 0.6) is 0 Å². The van der Waals surface area contributed by atoms with Crippen LogP contribution in [0.15, 0.2) is 59.7 Å². The average molecular weight is 407 g/mol. The molecule has 2 amide bonds. The number of rotatable bonds is 5. The topological polar surface area (TPSA) is 65.9 Å². The first-order valence-corrected chi connectivity index (χ1v) is 10.5. The highest BCUT2D eigenvalue weighted by atomic mass is 32.1. The van der Waals surface area contributed by atoms with Crippen molar-refractivity contribution in [3.63, 3.8) is 0 Å². The second-order valence-electron chi connectivity index (χ2n) is 7.36. The fourth-order valence-corrected chi connectivity index (χ4v) is 4.20. The Bertz CT molecular complexity index is 1040. The molecular weight excluding hydrogens is 384 g/mol. The lowest BCUT2D eigenvalue weighted by Crippen LogP contribution is -2.43. The summed E-state index contributed by atoms with van der Waals surface area (Å²) in [5, 5.41) is 6.43. The molecular formula is C22H22N4O2S. The van der Waals surface area contributed by atoms with Crippen LogP contribution < -0.4 is 9.91 Å². The zero-order valence-electron chi connectivity index (χ0n) is 16.4. The molecule has 1 aliphatic heterocycles. The molecule has 1 aliphatic rings. The van der Waals surface area contributed by atoms with E-state index in [0.717, 1.165) is 10.2 Å². The van der Waals surface area contributed by atoms with E-state index in [1.807, 2.05) is 54.6 Å². The Morgan fingerprint density at radius 3 is 2.55 bits per heavy atom. The first-order valence-electron chi connectivity index (χ1n) is 9.66. The Labute approximate surface area is 173 Å². The molecule has 0 unspecified atom stereocenters. The number of hydrogen-bond acceptors (Lipinski definition) is 5. The molecule has 6 nitrogen and oxygen atoms in total. The standard InChI is InChI=1S/C22H22N4O2S/c1-15(2)14-25(22-23-17-10-6-7-11-19(17)29-22)21(28)18-12-13-20(27)26(24-18)16-8-4-3-5-9-16/h3-11,15H,12-14H2,1-2H3. The highest BCUT2D eigenvalue weighted by Crippen LogP contribution is 2.30. The molecule has 0 atom stereocenters. The second kappa shape index (κ2) is 8.13. The van der Waals surface area contributed by atoms with E-state index in [4.69, 9.17) is 0 Å². The summed E-state index contributed by atoms with van der Waals surface area (Å²) in [7, 11) is 0. The number of aromatic nitrogens is 1. The second-order valence-corrected chi connectivity index (χ2v) is 8.37. The lowest BCUT2D eigenvalue weighted by atomic mass is 10.1. The van der Waals surface area contributed by atoms with Crippen molar-refractivity contribution in [3.8, 4) is 0 Å². The van der Waals surface area contributed by atoms with Gasteiger partial charge in [0.25, 0.3) is 5.91 Å². The molecule has 4 rings (SSSR count). The van der Waals surface area contributed by atoms with Crippen LogP contribution in [-0.4, -0.2) is 29.1 Å². The van der Waals surface area contributed by atoms with Crippen LogP contribution in [-0.2, 0) is 9.59 Å². The molecule has 0 saturated carbocycles. The Hall–Kier alpha value is -3.06. The van der Waals surface area contributed by atoms with Crippen LogP contribution >= 0.6 is 11.3 Å². The summed E-state index contributed by atoms with van der Waals surface area (Å²) in [6.45, 7) is 4.67. The molecule has 0 radical (unpaired) electrons. The van der Waals surface area contributed by atoms with Crippen molar-refractivity contribution in [1.82, 2.24) is 4.98 Å². The van der Waals surface area contributed by atoms with Crippen molar-refractivity contribution in [2.45, 2.75) is 26.7 Å². The summed E-state index contributed by atoms with van der Waals surface area (Å²) < 4.78 is 1.04. The van der Waals surface area contributed by atoms with Gasteiger partial charge in [-0.2, -0.15) is 5.10 Å². The maximum atomic E-state index is 13.4. The van der Waals surface area contributed by atoms with Crippen molar-refractivity contribution in [2.24, 2.45) is 11.0 Å². The Kier molecular flexibility index (Phi) is 5.40. The van der Waals surface area contributed by atoms with Gasteiger partial charge in [0.1, 0.15) is 5.71 Å². The number of carbonyl (C=O) groups excluding carboxylic acids is 2. The summed E-state index contributed by atoms with van der Waals surface area (Å²) in [6, 6.07) is 17.1. The van der Waals surface area contributed by atoms with Gasteiger partial charge in [0.15, 0.2) is 5.13 Å². The summed E-state index contributed by atoms with van der Waals surface area (Å²) in [5.41, 5.74) is 1.92. The first-order chi connectivity index (χ1) is 14.0. The zero-order valence-corrected chi connectivity index (χ0v) is 17.2. The smallest absolute Gasteiger partial charge is 0.276 e. The van der Waals surface area contributed by atoms with Crippen LogP contribution in [0.1, 0.15) is 26.7 Å². The van der Waals surface area contributed by atoms with Gasteiger partial charge >= 0.3 is 0 Å². The minimum Gasteiger partial charge on any atom is -0.283 e. The maximum Gasteiger partial charge on any atom is 0.276 e. The van der Waals surface area contributed by atoms with Crippen LogP contribution in [0.2, 0.25) is 0 Å². The highest BCUT2D eigenvalue weighted by Gasteiger charge is 2.30. The van der Waals surface area contributed by atoms with Gasteiger partial charge in [-0.1, -0.05) is 55.5 Å². The minimum atomic E-state index is -0.189. The van der Waals surface area contributed by atoms with E-state index in [1.54, 1.807) is 4.90 Å². The first kappa shape index (κ1) is 19.3. The van der Waals surface area contributed by atoms with Gasteiger partial charge in [-0.25, -0.2) is 9.99 Å². The lowest BCUT2D eigenvalue weighted by molar-refractivity contribution is -0.118. The van der Waals surface area contributed by atoms with Gasteiger partial charge in [-0.05, 0) is 30.2 Å². The molecule has 0 N–H and O–H groups in total. The van der Waals surface area contributed by atoms with E-state index in [9.17, 15) is 9.59 Å². The van der Waals surface area contributed by atoms with E-state index < -0.39 is 0 Å². The summed E-state index contributed by atoms with van der Waals surface area (Å²) in [5.74, 6) is -0.0312. The van der Waals surface area contributed by atoms with Crippen LogP contribution in [0, 0.1) is 5.92 Å². The fraction of sp³-hybridized carbons (Fsp3) is 0.273. The number of benzene rings is 2. The fourth-order valence-electron chi connectivity index (χ4n) is 3.22. The Morgan fingerprint density at radius 1 is 1.10 bits per heavy atom. The molecule has 2 aromatic carbocycles. The molecule has 0 saturated heterocycles. The van der Waals surface area contributed by atoms with E-state index in [0.29, 0.717) is 29.5 Å². The molecule has 148 valence electrons. The summed E-state index contributed by atoms with van der Waals surface area (Å²) >= 11 is 1.50. The largest absolute Gasteiger partial charge is 0.283 e. The number of nitrogens with zero attached hydrogens (tertiary/aromatic N) is 4. The molecule has 1 aromatic heterocycles. The lowest BCUT2D eigenvalue weighted by Gasteiger charge is -2.27. The normalized spacial score (nSPS) is 14.4. The Balaban J connectivity index is 1.69. The number of fused-ring (bicyclic) bond motifs is 1. The van der Waals surface area contributed by atoms with Crippen molar-refractivity contribution < 1.29 is 9.59 Å². The average Bonchev–Trinajstić information content (AvgIpc) is 3.16. The van der Waals surface area contributed by atoms with Crippen LogP contribution in [0.25, 0.3) is 10.2 Å². The van der Waals surface area contributed by atoms with E-state index in [-0.39, 0.29) is 24.2 Å². The molecule has 3 aromatic rings. The van der Waals surface area contributed by atoms with Crippen molar-refractivity contribution in [2.75, 3.05) is 16.5 Å². The monoisotopic (exact) mass is 406 g/mol. The molecule has 0 fully saturated rings. The molecule has 0 bridgehead atoms. The summed E-state index contributed by atoms with van der Waals surface area (Å²) in [4.78, 5) is 32.2. The molecule has 0 spiro atoms. The van der Waals surface area contributed by atoms with Gasteiger partial charge in [0.2, 0.25) is 5.91 Å². The van der Waals surface area contributed by atoms with Crippen LogP contribution in [0.4, 0.5) is 10.8 Å². The van der Waals surface area contributed by atoms with Crippen molar-refractivity contribution in [1.29, 1.82) is 0 Å². The quantitative estimate of drug-likeness (QED) is 0.628. The third kappa shape index (κ3) is 4.05. The zero-order chi connectivity index (χ0) is 20.4. The van der Waals surface area contributed by atoms with Crippen LogP contribution in [0.3, 0.4) is 0 Å². The number of para-hydroxylation sites is 2. The molecule has 2 heterocycles. The molecule has 7 heteroatoms. The van der Waals surface area contributed by atoms with E-state index >= 15 is 0 Å². The minimum absolute atomic E-state index is 0.108. The summed E-state index contributed by atoms with van der Waals surface area (Å²) in [6.07, 6.45) is 0.593. The number of hydrogen-bond donors (Lipinski definition) is 0. The third-order valence-electron chi connectivity index (χ3n) is 4.59. The Morgan fingerprint density at radius 2 is 1.83 bits per heavy atom. The highest BCUT2D eigenvalue weighted by molar-refractivity contribution is 7.22. The SMILES string of the molecule is CC(C)CN(C(=O)C1=NN(c2ccccc2)C(=O)CC1)c1nc2ccccc2s1. The van der Waals surface area contributed by atoms with E-state index in [1.165, 1.54) is 16.3 Å². The molecule has 0 aliphatic carbocycles. The number of carbonyl (C=O) groups is 2. The maximum absolute atomic E-state index is 13.4. The molecule has 29 heavy (non-hydrogen) atoms. The van der Waals surface area contributed by atoms with Gasteiger partial charge in [0, 0.05) is 19.4 Å². The van der Waals surface area contributed by atoms with Crippen molar-refractivity contribution in [3.05, 3.63) is 54.6 Å².